The van der Waals surface area contributed by atoms with Crippen LogP contribution in [0.2, 0.25) is 0 Å². The number of halogens is 1. The summed E-state index contributed by atoms with van der Waals surface area (Å²) in [6.07, 6.45) is 0. The number of hydrogen-bond acceptors (Lipinski definition) is 2. The highest BCUT2D eigenvalue weighted by atomic mass is 79.9. The molecule has 0 aromatic heterocycles. The summed E-state index contributed by atoms with van der Waals surface area (Å²) in [5.74, 6) is 0. The SMILES string of the molecule is Cc1ccc(Br)c(CN)c1C#N. The van der Waals surface area contributed by atoms with E-state index in [0.717, 1.165) is 15.6 Å². The standard InChI is InChI=1S/C9H9BrN2/c1-6-2-3-9(10)8(5-12)7(6)4-11/h2-3H,5,12H2,1H3. The zero-order valence-electron chi connectivity index (χ0n) is 6.76. The van der Waals surface area contributed by atoms with Crippen LogP contribution in [0.15, 0.2) is 16.6 Å². The van der Waals surface area contributed by atoms with Crippen LogP contribution in [0.5, 0.6) is 0 Å². The predicted octanol–water partition coefficient (Wildman–Crippen LogP) is 2.09. The molecule has 1 aromatic rings. The summed E-state index contributed by atoms with van der Waals surface area (Å²) < 4.78 is 0.909. The number of nitrogens with two attached hydrogens (primary N) is 1. The quantitative estimate of drug-likeness (QED) is 0.795. The molecule has 62 valence electrons. The van der Waals surface area contributed by atoms with Crippen LogP contribution in [0.1, 0.15) is 16.7 Å². The second kappa shape index (κ2) is 3.70. The Morgan fingerprint density at radius 2 is 2.25 bits per heavy atom. The number of aryl methyl sites for hydroxylation is 1. The minimum atomic E-state index is 0.394. The molecule has 0 radical (unpaired) electrons. The Morgan fingerprint density at radius 1 is 1.58 bits per heavy atom. The van der Waals surface area contributed by atoms with E-state index in [1.54, 1.807) is 0 Å². The lowest BCUT2D eigenvalue weighted by atomic mass is 10.0. The van der Waals surface area contributed by atoms with Gasteiger partial charge in [0.25, 0.3) is 0 Å². The smallest absolute Gasteiger partial charge is 0.0998 e. The van der Waals surface area contributed by atoms with Crippen molar-refractivity contribution in [2.45, 2.75) is 13.5 Å². The fraction of sp³-hybridized carbons (Fsp3) is 0.222. The lowest BCUT2D eigenvalue weighted by molar-refractivity contribution is 1.05. The first kappa shape index (κ1) is 9.24. The molecule has 0 fully saturated rings. The molecule has 0 unspecified atom stereocenters. The topological polar surface area (TPSA) is 49.8 Å². The summed E-state index contributed by atoms with van der Waals surface area (Å²) in [6, 6.07) is 5.97. The molecule has 0 atom stereocenters. The van der Waals surface area contributed by atoms with Crippen LogP contribution in [0.3, 0.4) is 0 Å². The zero-order chi connectivity index (χ0) is 9.14. The van der Waals surface area contributed by atoms with Crippen LogP contribution < -0.4 is 5.73 Å². The average molecular weight is 225 g/mol. The van der Waals surface area contributed by atoms with Crippen LogP contribution in [-0.4, -0.2) is 0 Å². The summed E-state index contributed by atoms with van der Waals surface area (Å²) in [5.41, 5.74) is 8.06. The van der Waals surface area contributed by atoms with Crippen molar-refractivity contribution in [2.75, 3.05) is 0 Å². The molecule has 0 spiro atoms. The molecule has 1 aromatic carbocycles. The van der Waals surface area contributed by atoms with Crippen LogP contribution in [0, 0.1) is 18.3 Å². The van der Waals surface area contributed by atoms with Gasteiger partial charge in [-0.25, -0.2) is 0 Å². The molecule has 12 heavy (non-hydrogen) atoms. The monoisotopic (exact) mass is 224 g/mol. The second-order valence-electron chi connectivity index (χ2n) is 2.53. The molecule has 2 nitrogen and oxygen atoms in total. The van der Waals surface area contributed by atoms with Crippen LogP contribution >= 0.6 is 15.9 Å². The van der Waals surface area contributed by atoms with E-state index >= 15 is 0 Å². The Bertz CT molecular complexity index is 339. The summed E-state index contributed by atoms with van der Waals surface area (Å²) in [7, 11) is 0. The molecule has 0 aliphatic carbocycles. The third-order valence-corrected chi connectivity index (χ3v) is 2.52. The van der Waals surface area contributed by atoms with E-state index in [0.29, 0.717) is 12.1 Å². The van der Waals surface area contributed by atoms with Crippen LogP contribution in [0.4, 0.5) is 0 Å². The van der Waals surface area contributed by atoms with E-state index in [9.17, 15) is 0 Å². The molecule has 0 saturated carbocycles. The maximum atomic E-state index is 8.83. The van der Waals surface area contributed by atoms with E-state index in [1.807, 2.05) is 19.1 Å². The lowest BCUT2D eigenvalue weighted by Crippen LogP contribution is -2.02. The zero-order valence-corrected chi connectivity index (χ0v) is 8.35. The van der Waals surface area contributed by atoms with Crippen molar-refractivity contribution >= 4 is 15.9 Å². The van der Waals surface area contributed by atoms with Gasteiger partial charge in [0.1, 0.15) is 0 Å². The first-order valence-electron chi connectivity index (χ1n) is 3.59. The molecule has 0 saturated heterocycles. The highest BCUT2D eigenvalue weighted by molar-refractivity contribution is 9.10. The molecule has 1 rings (SSSR count). The van der Waals surface area contributed by atoms with Crippen molar-refractivity contribution in [2.24, 2.45) is 5.73 Å². The summed E-state index contributed by atoms with van der Waals surface area (Å²) in [6.45, 7) is 2.30. The van der Waals surface area contributed by atoms with E-state index in [1.165, 1.54) is 0 Å². The average Bonchev–Trinajstić information content (AvgIpc) is 2.08. The number of hydrogen-bond donors (Lipinski definition) is 1. The number of benzene rings is 1. The van der Waals surface area contributed by atoms with Gasteiger partial charge in [-0.1, -0.05) is 22.0 Å². The van der Waals surface area contributed by atoms with Crippen molar-refractivity contribution in [3.63, 3.8) is 0 Å². The van der Waals surface area contributed by atoms with E-state index in [4.69, 9.17) is 11.0 Å². The molecule has 0 heterocycles. The van der Waals surface area contributed by atoms with Crippen molar-refractivity contribution in [1.29, 1.82) is 5.26 Å². The Labute approximate surface area is 80.1 Å². The van der Waals surface area contributed by atoms with Crippen molar-refractivity contribution in [3.05, 3.63) is 33.3 Å². The van der Waals surface area contributed by atoms with Gasteiger partial charge in [-0.05, 0) is 24.1 Å². The summed E-state index contributed by atoms with van der Waals surface area (Å²) >= 11 is 3.35. The molecule has 3 heteroatoms. The van der Waals surface area contributed by atoms with Gasteiger partial charge in [-0.2, -0.15) is 5.26 Å². The molecular formula is C9H9BrN2. The first-order chi connectivity index (χ1) is 5.70. The molecular weight excluding hydrogens is 216 g/mol. The first-order valence-corrected chi connectivity index (χ1v) is 4.38. The Morgan fingerprint density at radius 3 is 2.67 bits per heavy atom. The normalized spacial score (nSPS) is 9.50. The van der Waals surface area contributed by atoms with Gasteiger partial charge in [0.2, 0.25) is 0 Å². The Balaban J connectivity index is 3.41. The molecule has 0 aliphatic rings. The number of nitriles is 1. The molecule has 0 aliphatic heterocycles. The van der Waals surface area contributed by atoms with Crippen LogP contribution in [0.25, 0.3) is 0 Å². The van der Waals surface area contributed by atoms with Crippen molar-refractivity contribution in [1.82, 2.24) is 0 Å². The maximum Gasteiger partial charge on any atom is 0.0998 e. The highest BCUT2D eigenvalue weighted by Crippen LogP contribution is 2.22. The van der Waals surface area contributed by atoms with Crippen molar-refractivity contribution < 1.29 is 0 Å². The fourth-order valence-electron chi connectivity index (χ4n) is 1.09. The summed E-state index contributed by atoms with van der Waals surface area (Å²) in [5, 5.41) is 8.83. The molecule has 0 bridgehead atoms. The van der Waals surface area contributed by atoms with Gasteiger partial charge < -0.3 is 5.73 Å². The van der Waals surface area contributed by atoms with Crippen molar-refractivity contribution in [3.8, 4) is 6.07 Å². The van der Waals surface area contributed by atoms with E-state index in [-0.39, 0.29) is 0 Å². The van der Waals surface area contributed by atoms with Crippen LogP contribution in [-0.2, 0) is 6.54 Å². The third kappa shape index (κ3) is 1.50. The minimum Gasteiger partial charge on any atom is -0.326 e. The maximum absolute atomic E-state index is 8.83. The fourth-order valence-corrected chi connectivity index (χ4v) is 1.59. The van der Waals surface area contributed by atoms with E-state index < -0.39 is 0 Å². The summed E-state index contributed by atoms with van der Waals surface area (Å²) in [4.78, 5) is 0. The van der Waals surface area contributed by atoms with Gasteiger partial charge in [0.15, 0.2) is 0 Å². The molecule has 0 amide bonds. The number of rotatable bonds is 1. The van der Waals surface area contributed by atoms with Gasteiger partial charge in [-0.3, -0.25) is 0 Å². The number of nitrogens with zero attached hydrogens (tertiary/aromatic N) is 1. The van der Waals surface area contributed by atoms with Gasteiger partial charge in [0.05, 0.1) is 11.6 Å². The highest BCUT2D eigenvalue weighted by Gasteiger charge is 2.06. The second-order valence-corrected chi connectivity index (χ2v) is 3.39. The van der Waals surface area contributed by atoms with Gasteiger partial charge in [-0.15, -0.1) is 0 Å². The van der Waals surface area contributed by atoms with E-state index in [2.05, 4.69) is 22.0 Å². The minimum absolute atomic E-state index is 0.394. The molecule has 2 N–H and O–H groups in total. The largest absolute Gasteiger partial charge is 0.326 e. The third-order valence-electron chi connectivity index (χ3n) is 1.78. The lowest BCUT2D eigenvalue weighted by Gasteiger charge is -2.05. The Kier molecular flexibility index (Phi) is 2.85. The predicted molar refractivity (Wildman–Crippen MR) is 51.5 cm³/mol. The van der Waals surface area contributed by atoms with Gasteiger partial charge >= 0.3 is 0 Å². The van der Waals surface area contributed by atoms with Gasteiger partial charge in [0, 0.05) is 11.0 Å². The Hall–Kier alpha value is -0.850.